The van der Waals surface area contributed by atoms with Gasteiger partial charge in [0, 0.05) is 24.8 Å². The molecule has 3 heteroatoms. The van der Waals surface area contributed by atoms with Crippen molar-refractivity contribution in [2.45, 2.75) is 57.0 Å². The van der Waals surface area contributed by atoms with Crippen LogP contribution in [0.1, 0.15) is 50.5 Å². The molecule has 20 heavy (non-hydrogen) atoms. The highest BCUT2D eigenvalue weighted by Crippen LogP contribution is 2.36. The van der Waals surface area contributed by atoms with Gasteiger partial charge in [0.15, 0.2) is 0 Å². The maximum Gasteiger partial charge on any atom is 0.230 e. The van der Waals surface area contributed by atoms with Gasteiger partial charge in [-0.25, -0.2) is 0 Å². The highest BCUT2D eigenvalue weighted by molar-refractivity contribution is 5.86. The molecular formula is C17H24N2O. The van der Waals surface area contributed by atoms with Crippen molar-refractivity contribution in [3.63, 3.8) is 0 Å². The van der Waals surface area contributed by atoms with E-state index in [0.717, 1.165) is 12.1 Å². The van der Waals surface area contributed by atoms with Gasteiger partial charge in [0.1, 0.15) is 0 Å². The van der Waals surface area contributed by atoms with Gasteiger partial charge in [-0.3, -0.25) is 4.79 Å². The zero-order valence-corrected chi connectivity index (χ0v) is 12.4. The van der Waals surface area contributed by atoms with Crippen molar-refractivity contribution in [1.82, 2.24) is 4.90 Å². The Hall–Kier alpha value is -1.51. The molecule has 1 amide bonds. The van der Waals surface area contributed by atoms with Crippen molar-refractivity contribution < 1.29 is 4.79 Å². The molecule has 1 aliphatic carbocycles. The summed E-state index contributed by atoms with van der Waals surface area (Å²) in [5.74, 6) is 0.325. The fourth-order valence-electron chi connectivity index (χ4n) is 3.69. The number of rotatable bonds is 2. The Kier molecular flexibility index (Phi) is 3.68. The van der Waals surface area contributed by atoms with Gasteiger partial charge in [0.25, 0.3) is 0 Å². The highest BCUT2D eigenvalue weighted by Gasteiger charge is 2.34. The van der Waals surface area contributed by atoms with Crippen molar-refractivity contribution >= 4 is 11.6 Å². The molecule has 1 saturated carbocycles. The van der Waals surface area contributed by atoms with Gasteiger partial charge < -0.3 is 10.2 Å². The fourth-order valence-corrected chi connectivity index (χ4v) is 3.69. The molecule has 0 spiro atoms. The van der Waals surface area contributed by atoms with Crippen LogP contribution < -0.4 is 5.32 Å². The van der Waals surface area contributed by atoms with Crippen molar-refractivity contribution in [2.75, 3.05) is 12.4 Å². The SMILES string of the molecule is CC1CC(C(=O)N(C)C2CCCC2)c2ccccc2N1. The Morgan fingerprint density at radius 2 is 1.95 bits per heavy atom. The second kappa shape index (κ2) is 5.47. The molecule has 1 fully saturated rings. The van der Waals surface area contributed by atoms with Gasteiger partial charge in [0.05, 0.1) is 5.92 Å². The molecule has 1 aromatic rings. The molecule has 1 N–H and O–H groups in total. The number of nitrogens with zero attached hydrogens (tertiary/aromatic N) is 1. The lowest BCUT2D eigenvalue weighted by molar-refractivity contribution is -0.133. The van der Waals surface area contributed by atoms with Gasteiger partial charge in [0.2, 0.25) is 5.91 Å². The topological polar surface area (TPSA) is 32.3 Å². The van der Waals surface area contributed by atoms with Crippen LogP contribution in [-0.4, -0.2) is 29.9 Å². The molecule has 1 heterocycles. The van der Waals surface area contributed by atoms with Crippen molar-refractivity contribution in [3.8, 4) is 0 Å². The summed E-state index contributed by atoms with van der Waals surface area (Å²) in [5.41, 5.74) is 2.30. The van der Waals surface area contributed by atoms with E-state index < -0.39 is 0 Å². The molecular weight excluding hydrogens is 248 g/mol. The van der Waals surface area contributed by atoms with E-state index in [0.29, 0.717) is 18.0 Å². The molecule has 3 rings (SSSR count). The van der Waals surface area contributed by atoms with Crippen molar-refractivity contribution in [2.24, 2.45) is 0 Å². The molecule has 0 saturated heterocycles. The van der Waals surface area contributed by atoms with Crippen LogP contribution in [0.5, 0.6) is 0 Å². The minimum Gasteiger partial charge on any atom is -0.382 e. The third kappa shape index (κ3) is 2.41. The number of hydrogen-bond acceptors (Lipinski definition) is 2. The first-order valence-corrected chi connectivity index (χ1v) is 7.79. The zero-order chi connectivity index (χ0) is 14.1. The van der Waals surface area contributed by atoms with Gasteiger partial charge in [-0.2, -0.15) is 0 Å². The number of fused-ring (bicyclic) bond motifs is 1. The van der Waals surface area contributed by atoms with Gasteiger partial charge in [-0.15, -0.1) is 0 Å². The lowest BCUT2D eigenvalue weighted by Gasteiger charge is -2.35. The monoisotopic (exact) mass is 272 g/mol. The summed E-state index contributed by atoms with van der Waals surface area (Å²) in [6.07, 6.45) is 5.77. The van der Waals surface area contributed by atoms with Crippen LogP contribution in [0, 0.1) is 0 Å². The number of hydrogen-bond donors (Lipinski definition) is 1. The number of likely N-dealkylation sites (N-methyl/N-ethyl adjacent to an activating group) is 1. The maximum absolute atomic E-state index is 12.9. The number of benzene rings is 1. The number of amides is 1. The Balaban J connectivity index is 1.84. The third-order valence-corrected chi connectivity index (χ3v) is 4.85. The second-order valence-electron chi connectivity index (χ2n) is 6.31. The van der Waals surface area contributed by atoms with E-state index in [1.165, 1.54) is 31.2 Å². The predicted octanol–water partition coefficient (Wildman–Crippen LogP) is 3.38. The minimum absolute atomic E-state index is 0.0213. The van der Waals surface area contributed by atoms with E-state index in [2.05, 4.69) is 24.4 Å². The number of anilines is 1. The largest absolute Gasteiger partial charge is 0.382 e. The van der Waals surface area contributed by atoms with Crippen molar-refractivity contribution in [3.05, 3.63) is 29.8 Å². The third-order valence-electron chi connectivity index (χ3n) is 4.85. The molecule has 2 atom stereocenters. The lowest BCUT2D eigenvalue weighted by atomic mass is 9.86. The van der Waals surface area contributed by atoms with Crippen LogP contribution in [-0.2, 0) is 4.79 Å². The van der Waals surface area contributed by atoms with Crippen molar-refractivity contribution in [1.29, 1.82) is 0 Å². The average Bonchev–Trinajstić information content (AvgIpc) is 2.99. The van der Waals surface area contributed by atoms with Crippen LogP contribution in [0.3, 0.4) is 0 Å². The number of carbonyl (C=O) groups excluding carboxylic acids is 1. The predicted molar refractivity (Wildman–Crippen MR) is 81.9 cm³/mol. The summed E-state index contributed by atoms with van der Waals surface area (Å²) in [5, 5.41) is 3.48. The Morgan fingerprint density at radius 1 is 1.25 bits per heavy atom. The number of nitrogens with one attached hydrogen (secondary N) is 1. The first-order chi connectivity index (χ1) is 9.66. The first kappa shape index (κ1) is 13.5. The van der Waals surface area contributed by atoms with Crippen LogP contribution in [0.25, 0.3) is 0 Å². The van der Waals surface area contributed by atoms with E-state index in [1.54, 1.807) is 0 Å². The maximum atomic E-state index is 12.9. The highest BCUT2D eigenvalue weighted by atomic mass is 16.2. The summed E-state index contributed by atoms with van der Waals surface area (Å²) < 4.78 is 0. The standard InChI is InChI=1S/C17H24N2O/c1-12-11-15(14-9-5-6-10-16(14)18-12)17(20)19(2)13-7-3-4-8-13/h5-6,9-10,12-13,15,18H,3-4,7-8,11H2,1-2H3. The molecule has 1 aliphatic heterocycles. The average molecular weight is 272 g/mol. The molecule has 1 aromatic carbocycles. The molecule has 3 nitrogen and oxygen atoms in total. The van der Waals surface area contributed by atoms with Crippen LogP contribution >= 0.6 is 0 Å². The molecule has 0 radical (unpaired) electrons. The zero-order valence-electron chi connectivity index (χ0n) is 12.4. The molecule has 2 unspecified atom stereocenters. The van der Waals surface area contributed by atoms with Crippen LogP contribution in [0.2, 0.25) is 0 Å². The second-order valence-corrected chi connectivity index (χ2v) is 6.31. The quantitative estimate of drug-likeness (QED) is 0.895. The number of carbonyl (C=O) groups is 1. The van der Waals surface area contributed by atoms with E-state index in [4.69, 9.17) is 0 Å². The Morgan fingerprint density at radius 3 is 2.70 bits per heavy atom. The van der Waals surface area contributed by atoms with E-state index in [9.17, 15) is 4.79 Å². The summed E-state index contributed by atoms with van der Waals surface area (Å²) in [6, 6.07) is 9.06. The van der Waals surface area contributed by atoms with Gasteiger partial charge in [-0.05, 0) is 37.8 Å². The molecule has 2 aliphatic rings. The van der Waals surface area contributed by atoms with Gasteiger partial charge in [-0.1, -0.05) is 31.0 Å². The normalized spacial score (nSPS) is 25.9. The van der Waals surface area contributed by atoms with E-state index in [-0.39, 0.29) is 5.92 Å². The summed E-state index contributed by atoms with van der Waals surface area (Å²) in [4.78, 5) is 14.9. The Labute approximate surface area is 121 Å². The summed E-state index contributed by atoms with van der Waals surface area (Å²) >= 11 is 0. The molecule has 0 bridgehead atoms. The summed E-state index contributed by atoms with van der Waals surface area (Å²) in [7, 11) is 1.99. The number of para-hydroxylation sites is 1. The van der Waals surface area contributed by atoms with E-state index in [1.807, 2.05) is 24.1 Å². The summed E-state index contributed by atoms with van der Waals surface area (Å²) in [6.45, 7) is 2.16. The van der Waals surface area contributed by atoms with Crippen LogP contribution in [0.4, 0.5) is 5.69 Å². The fraction of sp³-hybridized carbons (Fsp3) is 0.588. The smallest absolute Gasteiger partial charge is 0.230 e. The first-order valence-electron chi connectivity index (χ1n) is 7.79. The van der Waals surface area contributed by atoms with Gasteiger partial charge >= 0.3 is 0 Å². The Bertz CT molecular complexity index is 494. The molecule has 0 aromatic heterocycles. The van der Waals surface area contributed by atoms with E-state index >= 15 is 0 Å². The van der Waals surface area contributed by atoms with Crippen LogP contribution in [0.15, 0.2) is 24.3 Å². The molecule has 108 valence electrons. The minimum atomic E-state index is 0.0213. The lowest BCUT2D eigenvalue weighted by Crippen LogP contribution is -2.41.